The van der Waals surface area contributed by atoms with Crippen molar-refractivity contribution in [3.05, 3.63) is 45.6 Å². The normalized spacial score (nSPS) is 27.3. The van der Waals surface area contributed by atoms with Crippen LogP contribution in [0.3, 0.4) is 0 Å². The van der Waals surface area contributed by atoms with E-state index in [0.717, 1.165) is 44.6 Å². The Morgan fingerprint density at radius 1 is 1.24 bits per heavy atom. The van der Waals surface area contributed by atoms with Gasteiger partial charge in [-0.3, -0.25) is 4.79 Å². The molecule has 2 aromatic rings. The molecule has 1 saturated carbocycles. The molecule has 1 aliphatic carbocycles. The number of carbonyl (C=O) groups is 1. The minimum Gasteiger partial charge on any atom is -0.481 e. The number of nitrogens with one attached hydrogen (secondary N) is 1. The van der Waals surface area contributed by atoms with Crippen LogP contribution in [0.5, 0.6) is 0 Å². The Kier molecular flexibility index (Phi) is 7.56. The molecule has 3 N–H and O–H groups in total. The Balaban J connectivity index is 1.19. The van der Waals surface area contributed by atoms with Crippen molar-refractivity contribution in [3.63, 3.8) is 0 Å². The quantitative estimate of drug-likeness (QED) is 0.431. The fourth-order valence-corrected chi connectivity index (χ4v) is 6.64. The molecule has 0 bridgehead atoms. The largest absolute Gasteiger partial charge is 0.481 e. The number of likely N-dealkylation sites (tertiary alicyclic amines) is 1. The van der Waals surface area contributed by atoms with Gasteiger partial charge in [0.05, 0.1) is 18.1 Å². The number of halogens is 2. The second kappa shape index (κ2) is 10.6. The monoisotopic (exact) mass is 547 g/mol. The van der Waals surface area contributed by atoms with E-state index in [2.05, 4.69) is 20.1 Å². The van der Waals surface area contributed by atoms with Crippen LogP contribution in [0.1, 0.15) is 56.7 Å². The highest BCUT2D eigenvalue weighted by atomic mass is 35.5. The van der Waals surface area contributed by atoms with E-state index in [0.29, 0.717) is 45.3 Å². The van der Waals surface area contributed by atoms with Gasteiger partial charge >= 0.3 is 5.97 Å². The first-order chi connectivity index (χ1) is 17.7. The van der Waals surface area contributed by atoms with Crippen molar-refractivity contribution < 1.29 is 15.0 Å². The highest BCUT2D eigenvalue weighted by Gasteiger charge is 2.49. The third-order valence-electron chi connectivity index (χ3n) is 8.56. The highest BCUT2D eigenvalue weighted by Crippen LogP contribution is 2.45. The highest BCUT2D eigenvalue weighted by molar-refractivity contribution is 6.35. The lowest BCUT2D eigenvalue weighted by atomic mass is 9.65. The number of piperidine rings is 1. The van der Waals surface area contributed by atoms with Gasteiger partial charge < -0.3 is 25.3 Å². The summed E-state index contributed by atoms with van der Waals surface area (Å²) < 4.78 is 0. The third-order valence-corrected chi connectivity index (χ3v) is 9.12. The van der Waals surface area contributed by atoms with Crippen molar-refractivity contribution in [2.75, 3.05) is 36.4 Å². The molecule has 8 nitrogen and oxygen atoms in total. The Hall–Kier alpha value is -2.13. The Morgan fingerprint density at radius 3 is 2.68 bits per heavy atom. The molecular weight excluding hydrogens is 513 g/mol. The number of carboxylic acids is 1. The number of aliphatic carboxylic acids is 1. The van der Waals surface area contributed by atoms with Gasteiger partial charge in [-0.25, -0.2) is 4.98 Å². The van der Waals surface area contributed by atoms with Crippen LogP contribution < -0.4 is 10.2 Å². The number of nitrogens with zero attached hydrogens (tertiary/aromatic N) is 4. The molecule has 0 amide bonds. The van der Waals surface area contributed by atoms with Crippen molar-refractivity contribution in [2.45, 2.75) is 58.2 Å². The van der Waals surface area contributed by atoms with Gasteiger partial charge in [0.25, 0.3) is 0 Å². The fraction of sp³-hybridized carbons (Fsp3) is 0.593. The van der Waals surface area contributed by atoms with Crippen molar-refractivity contribution in [2.24, 2.45) is 17.3 Å². The van der Waals surface area contributed by atoms with E-state index in [-0.39, 0.29) is 12.6 Å². The topological polar surface area (TPSA) is 102 Å². The zero-order valence-electron chi connectivity index (χ0n) is 21.3. The van der Waals surface area contributed by atoms with E-state index in [4.69, 9.17) is 28.2 Å². The van der Waals surface area contributed by atoms with E-state index < -0.39 is 11.4 Å². The molecule has 3 heterocycles. The number of aromatic nitrogens is 2. The minimum atomic E-state index is -0.668. The molecule has 2 saturated heterocycles. The zero-order chi connectivity index (χ0) is 26.3. The number of rotatable bonds is 8. The maximum absolute atomic E-state index is 11.5. The second-order valence-corrected chi connectivity index (χ2v) is 12.1. The minimum absolute atomic E-state index is 0.135. The molecule has 200 valence electrons. The summed E-state index contributed by atoms with van der Waals surface area (Å²) in [6, 6.07) is 5.69. The molecule has 3 aliphatic rings. The third kappa shape index (κ3) is 5.39. The molecule has 0 unspecified atom stereocenters. The summed E-state index contributed by atoms with van der Waals surface area (Å²) >= 11 is 12.4. The SMILES string of the molecule is C[C@@H](Nc1nc(N2CC([C@H]3CCCN([C@H]4C[C@](C)(C(=O)O)C4)C3)C2)ncc1CO)c1ccc(Cl)cc1Cl. The second-order valence-electron chi connectivity index (χ2n) is 11.2. The van der Waals surface area contributed by atoms with Crippen LogP contribution in [0.2, 0.25) is 10.0 Å². The summed E-state index contributed by atoms with van der Waals surface area (Å²) in [5, 5.41) is 23.8. The van der Waals surface area contributed by atoms with Gasteiger partial charge in [0.15, 0.2) is 0 Å². The molecule has 2 aliphatic heterocycles. The predicted octanol–water partition coefficient (Wildman–Crippen LogP) is 4.85. The van der Waals surface area contributed by atoms with Gasteiger partial charge in [-0.05, 0) is 75.6 Å². The van der Waals surface area contributed by atoms with Gasteiger partial charge in [0.2, 0.25) is 5.95 Å². The Bertz CT molecular complexity index is 1150. The van der Waals surface area contributed by atoms with Crippen LogP contribution in [0.4, 0.5) is 11.8 Å². The summed E-state index contributed by atoms with van der Waals surface area (Å²) in [7, 11) is 0. The first kappa shape index (κ1) is 26.5. The van der Waals surface area contributed by atoms with Gasteiger partial charge in [0, 0.05) is 47.5 Å². The number of hydrogen-bond donors (Lipinski definition) is 3. The lowest BCUT2D eigenvalue weighted by Gasteiger charge is -2.52. The molecule has 5 rings (SSSR count). The average molecular weight is 549 g/mol. The smallest absolute Gasteiger partial charge is 0.309 e. The number of aliphatic hydroxyl groups is 1. The van der Waals surface area contributed by atoms with Gasteiger partial charge in [-0.2, -0.15) is 4.98 Å². The van der Waals surface area contributed by atoms with E-state index in [1.54, 1.807) is 12.3 Å². The van der Waals surface area contributed by atoms with Crippen molar-refractivity contribution in [3.8, 4) is 0 Å². The van der Waals surface area contributed by atoms with Crippen LogP contribution in [0, 0.1) is 17.3 Å². The molecule has 1 aromatic heterocycles. The summed E-state index contributed by atoms with van der Waals surface area (Å²) in [6.07, 6.45) is 5.59. The van der Waals surface area contributed by atoms with E-state index in [9.17, 15) is 15.0 Å². The molecule has 2 atom stereocenters. The number of aliphatic hydroxyl groups excluding tert-OH is 1. The van der Waals surface area contributed by atoms with E-state index in [1.165, 1.54) is 12.8 Å². The Labute approximate surface area is 228 Å². The Morgan fingerprint density at radius 2 is 2.00 bits per heavy atom. The lowest BCUT2D eigenvalue weighted by Crippen LogP contribution is -2.58. The average Bonchev–Trinajstić information content (AvgIpc) is 2.81. The fourth-order valence-electron chi connectivity index (χ4n) is 6.07. The van der Waals surface area contributed by atoms with Crippen LogP contribution in [0.15, 0.2) is 24.4 Å². The van der Waals surface area contributed by atoms with E-state index >= 15 is 0 Å². The zero-order valence-corrected chi connectivity index (χ0v) is 22.8. The first-order valence-corrected chi connectivity index (χ1v) is 13.8. The molecule has 10 heteroatoms. The van der Waals surface area contributed by atoms with Gasteiger partial charge in [-0.1, -0.05) is 29.3 Å². The van der Waals surface area contributed by atoms with Crippen molar-refractivity contribution in [1.29, 1.82) is 0 Å². The standard InChI is InChI=1S/C27H35Cl2N5O3/c1-16(22-6-5-20(28)8-23(22)29)31-24-18(15-35)11-30-26(32-24)34-13-19(14-34)17-4-3-7-33(12-17)21-9-27(2,10-21)25(36)37/h5-6,8,11,16-17,19,21,35H,3-4,7,9-10,12-15H2,1-2H3,(H,36,37)(H,30,31,32)/t16-,17+,21-,27-/m1/s1. The first-order valence-electron chi connectivity index (χ1n) is 13.1. The number of carboxylic acid groups (broad SMARTS) is 1. The van der Waals surface area contributed by atoms with Crippen molar-refractivity contribution >= 4 is 40.9 Å². The number of anilines is 2. The molecule has 37 heavy (non-hydrogen) atoms. The molecule has 1 aromatic carbocycles. The van der Waals surface area contributed by atoms with Gasteiger partial charge in [0.1, 0.15) is 5.82 Å². The summed E-state index contributed by atoms with van der Waals surface area (Å²) in [4.78, 5) is 25.5. The number of hydrogen-bond acceptors (Lipinski definition) is 7. The number of benzene rings is 1. The van der Waals surface area contributed by atoms with E-state index in [1.807, 2.05) is 26.0 Å². The lowest BCUT2D eigenvalue weighted by molar-refractivity contribution is -0.158. The van der Waals surface area contributed by atoms with Crippen LogP contribution in [-0.2, 0) is 11.4 Å². The maximum Gasteiger partial charge on any atom is 0.309 e. The van der Waals surface area contributed by atoms with Crippen molar-refractivity contribution in [1.82, 2.24) is 14.9 Å². The van der Waals surface area contributed by atoms with Crippen LogP contribution in [0.25, 0.3) is 0 Å². The molecule has 3 fully saturated rings. The van der Waals surface area contributed by atoms with Crippen LogP contribution >= 0.6 is 23.2 Å². The predicted molar refractivity (Wildman–Crippen MR) is 145 cm³/mol. The maximum atomic E-state index is 11.5. The molecular formula is C27H35Cl2N5O3. The summed E-state index contributed by atoms with van der Waals surface area (Å²) in [6.45, 7) is 7.64. The van der Waals surface area contributed by atoms with Gasteiger partial charge in [-0.15, -0.1) is 0 Å². The summed E-state index contributed by atoms with van der Waals surface area (Å²) in [5.41, 5.74) is 0.983. The molecule has 0 radical (unpaired) electrons. The summed E-state index contributed by atoms with van der Waals surface area (Å²) in [5.74, 6) is 1.79. The van der Waals surface area contributed by atoms with Crippen LogP contribution in [-0.4, -0.2) is 63.3 Å². The molecule has 0 spiro atoms.